The highest BCUT2D eigenvalue weighted by molar-refractivity contribution is 7.89. The number of furan rings is 1. The van der Waals surface area contributed by atoms with E-state index in [0.29, 0.717) is 31.4 Å². The SMILES string of the molecule is O=C(CCc1ccnc(C2=Cc3ccccc3C2)c1)[C@@H]1CCCN1S(=O)(=O)c1cc2ccccc2o1. The number of benzene rings is 2. The minimum atomic E-state index is -3.89. The highest BCUT2D eigenvalue weighted by Gasteiger charge is 2.40. The van der Waals surface area contributed by atoms with Crippen molar-refractivity contribution in [2.24, 2.45) is 0 Å². The maximum atomic E-state index is 13.3. The Morgan fingerprint density at radius 3 is 2.75 bits per heavy atom. The lowest BCUT2D eigenvalue weighted by atomic mass is 10.0. The van der Waals surface area contributed by atoms with E-state index in [1.165, 1.54) is 21.0 Å². The first-order valence-electron chi connectivity index (χ1n) is 12.3. The van der Waals surface area contributed by atoms with E-state index >= 15 is 0 Å². The summed E-state index contributed by atoms with van der Waals surface area (Å²) in [5.41, 5.74) is 6.15. The van der Waals surface area contributed by atoms with Crippen molar-refractivity contribution in [2.75, 3.05) is 6.54 Å². The summed E-state index contributed by atoms with van der Waals surface area (Å²) in [7, 11) is -3.89. The van der Waals surface area contributed by atoms with Gasteiger partial charge < -0.3 is 4.42 Å². The molecule has 0 spiro atoms. The molecule has 7 heteroatoms. The number of carbonyl (C=O) groups excluding carboxylic acids is 1. The van der Waals surface area contributed by atoms with Gasteiger partial charge in [0.1, 0.15) is 5.58 Å². The molecule has 3 heterocycles. The van der Waals surface area contributed by atoms with E-state index in [4.69, 9.17) is 4.42 Å². The first-order chi connectivity index (χ1) is 17.5. The summed E-state index contributed by atoms with van der Waals surface area (Å²) in [6.45, 7) is 0.323. The number of carbonyl (C=O) groups is 1. The van der Waals surface area contributed by atoms with Crippen LogP contribution >= 0.6 is 0 Å². The fourth-order valence-corrected chi connectivity index (χ4v) is 6.86. The number of hydrogen-bond acceptors (Lipinski definition) is 5. The number of sulfonamides is 1. The summed E-state index contributed by atoms with van der Waals surface area (Å²) < 4.78 is 33.6. The number of hydrogen-bond donors (Lipinski definition) is 0. The van der Waals surface area contributed by atoms with Crippen LogP contribution in [0.3, 0.4) is 0 Å². The second-order valence-electron chi connectivity index (χ2n) is 9.44. The van der Waals surface area contributed by atoms with Gasteiger partial charge in [0.15, 0.2) is 5.78 Å². The monoisotopic (exact) mass is 498 g/mol. The largest absolute Gasteiger partial charge is 0.443 e. The normalized spacial score (nSPS) is 17.9. The third-order valence-electron chi connectivity index (χ3n) is 7.12. The minimum absolute atomic E-state index is 0.0574. The molecule has 6 nitrogen and oxygen atoms in total. The van der Waals surface area contributed by atoms with Gasteiger partial charge in [0.2, 0.25) is 5.09 Å². The Morgan fingerprint density at radius 1 is 1.06 bits per heavy atom. The van der Waals surface area contributed by atoms with Gasteiger partial charge in [-0.15, -0.1) is 0 Å². The minimum Gasteiger partial charge on any atom is -0.443 e. The molecule has 182 valence electrons. The van der Waals surface area contributed by atoms with Gasteiger partial charge in [-0.05, 0) is 65.8 Å². The lowest BCUT2D eigenvalue weighted by molar-refractivity contribution is -0.122. The number of rotatable bonds is 7. The number of aromatic nitrogens is 1. The van der Waals surface area contributed by atoms with E-state index in [9.17, 15) is 13.2 Å². The summed E-state index contributed by atoms with van der Waals surface area (Å²) in [5.74, 6) is -0.0574. The van der Waals surface area contributed by atoms with Crippen molar-refractivity contribution in [3.63, 3.8) is 0 Å². The molecule has 0 bridgehead atoms. The first kappa shape index (κ1) is 22.9. The fourth-order valence-electron chi connectivity index (χ4n) is 5.23. The molecule has 36 heavy (non-hydrogen) atoms. The number of Topliss-reactive ketones (excluding diaryl/α,β-unsaturated/α-hetero) is 1. The van der Waals surface area contributed by atoms with Crippen LogP contribution in [0, 0.1) is 0 Å². The maximum Gasteiger partial charge on any atom is 0.277 e. The van der Waals surface area contributed by atoms with Gasteiger partial charge in [-0.2, -0.15) is 4.31 Å². The molecule has 4 aromatic rings. The van der Waals surface area contributed by atoms with Crippen LogP contribution in [0.2, 0.25) is 0 Å². The predicted octanol–water partition coefficient (Wildman–Crippen LogP) is 5.28. The van der Waals surface area contributed by atoms with Crippen LogP contribution in [0.1, 0.15) is 41.6 Å². The Bertz CT molecular complexity index is 1570. The van der Waals surface area contributed by atoms with E-state index < -0.39 is 16.1 Å². The third kappa shape index (κ3) is 4.18. The van der Waals surface area contributed by atoms with Crippen LogP contribution in [0.15, 0.2) is 82.4 Å². The number of fused-ring (bicyclic) bond motifs is 2. The van der Waals surface area contributed by atoms with Crippen molar-refractivity contribution >= 4 is 38.4 Å². The smallest absolute Gasteiger partial charge is 0.277 e. The molecule has 6 rings (SSSR count). The second kappa shape index (κ2) is 9.15. The highest BCUT2D eigenvalue weighted by atomic mass is 32.2. The summed E-state index contributed by atoms with van der Waals surface area (Å²) in [4.78, 5) is 17.8. The average Bonchev–Trinajstić information content (AvgIpc) is 3.65. The van der Waals surface area contributed by atoms with Gasteiger partial charge in [0, 0.05) is 37.0 Å². The molecular weight excluding hydrogens is 472 g/mol. The zero-order valence-electron chi connectivity index (χ0n) is 19.8. The number of allylic oxidation sites excluding steroid dienone is 1. The number of ketones is 1. The van der Waals surface area contributed by atoms with Crippen molar-refractivity contribution in [2.45, 2.75) is 43.2 Å². The van der Waals surface area contributed by atoms with Crippen molar-refractivity contribution in [1.82, 2.24) is 9.29 Å². The van der Waals surface area contributed by atoms with Crippen LogP contribution in [0.4, 0.5) is 0 Å². The van der Waals surface area contributed by atoms with Crippen molar-refractivity contribution in [1.29, 1.82) is 0 Å². The van der Waals surface area contributed by atoms with E-state index in [0.717, 1.165) is 23.1 Å². The zero-order valence-corrected chi connectivity index (χ0v) is 20.6. The molecule has 2 aromatic carbocycles. The molecule has 0 radical (unpaired) electrons. The number of aryl methyl sites for hydroxylation is 1. The summed E-state index contributed by atoms with van der Waals surface area (Å²) >= 11 is 0. The molecule has 2 aromatic heterocycles. The van der Waals surface area contributed by atoms with Crippen LogP contribution in [0.5, 0.6) is 0 Å². The van der Waals surface area contributed by atoms with E-state index in [2.05, 4.69) is 23.2 Å². The molecule has 1 fully saturated rings. The standard InChI is InChI=1S/C29H26N2O4S/c32-27(12-11-20-13-14-30-25(16-20)24-17-21-6-1-2-7-22(21)18-24)26-9-5-15-31(26)36(33,34)29-19-23-8-3-4-10-28(23)35-29/h1-4,6-8,10,13-14,16-17,19,26H,5,9,11-12,15,18H2/t26-/m0/s1. The zero-order chi connectivity index (χ0) is 24.7. The van der Waals surface area contributed by atoms with Crippen LogP contribution < -0.4 is 0 Å². The Hall–Kier alpha value is -3.55. The van der Waals surface area contributed by atoms with Crippen molar-refractivity contribution < 1.29 is 17.6 Å². The molecule has 2 aliphatic rings. The number of nitrogens with zero attached hydrogens (tertiary/aromatic N) is 2. The van der Waals surface area contributed by atoms with Crippen molar-refractivity contribution in [3.8, 4) is 0 Å². The molecule has 1 aliphatic carbocycles. The highest BCUT2D eigenvalue weighted by Crippen LogP contribution is 2.32. The molecule has 0 amide bonds. The van der Waals surface area contributed by atoms with E-state index in [1.54, 1.807) is 24.4 Å². The Balaban J connectivity index is 1.15. The predicted molar refractivity (Wildman–Crippen MR) is 139 cm³/mol. The average molecular weight is 499 g/mol. The van der Waals surface area contributed by atoms with Crippen LogP contribution in [-0.4, -0.2) is 36.1 Å². The summed E-state index contributed by atoms with van der Waals surface area (Å²) in [5, 5.41) is 0.625. The number of pyridine rings is 1. The van der Waals surface area contributed by atoms with Crippen molar-refractivity contribution in [3.05, 3.63) is 95.3 Å². The van der Waals surface area contributed by atoms with Gasteiger partial charge >= 0.3 is 0 Å². The van der Waals surface area contributed by atoms with Gasteiger partial charge in [-0.3, -0.25) is 9.78 Å². The lowest BCUT2D eigenvalue weighted by Crippen LogP contribution is -2.40. The summed E-state index contributed by atoms with van der Waals surface area (Å²) in [6.07, 6.45) is 6.82. The topological polar surface area (TPSA) is 80.5 Å². The second-order valence-corrected chi connectivity index (χ2v) is 11.3. The van der Waals surface area contributed by atoms with Crippen LogP contribution in [0.25, 0.3) is 22.6 Å². The summed E-state index contributed by atoms with van der Waals surface area (Å²) in [6, 6.07) is 20.4. The fraction of sp³-hybridized carbons (Fsp3) is 0.241. The van der Waals surface area contributed by atoms with E-state index in [-0.39, 0.29) is 17.3 Å². The molecule has 1 aliphatic heterocycles. The number of para-hydroxylation sites is 1. The molecule has 1 saturated heterocycles. The van der Waals surface area contributed by atoms with Crippen LogP contribution in [-0.2, 0) is 27.7 Å². The molecule has 0 unspecified atom stereocenters. The third-order valence-corrected chi connectivity index (χ3v) is 8.88. The van der Waals surface area contributed by atoms with Gasteiger partial charge in [0.05, 0.1) is 11.7 Å². The maximum absolute atomic E-state index is 13.3. The Kier molecular flexibility index (Phi) is 5.82. The first-order valence-corrected chi connectivity index (χ1v) is 13.7. The van der Waals surface area contributed by atoms with Gasteiger partial charge in [-0.1, -0.05) is 42.5 Å². The van der Waals surface area contributed by atoms with E-state index in [1.807, 2.05) is 36.4 Å². The molecule has 0 N–H and O–H groups in total. The van der Waals surface area contributed by atoms with Gasteiger partial charge in [-0.25, -0.2) is 8.42 Å². The molecule has 1 atom stereocenters. The molecular formula is C29H26N2O4S. The Labute approximate surface area is 210 Å². The van der Waals surface area contributed by atoms with Gasteiger partial charge in [0.25, 0.3) is 10.0 Å². The Morgan fingerprint density at radius 2 is 1.89 bits per heavy atom. The quantitative estimate of drug-likeness (QED) is 0.346. The lowest BCUT2D eigenvalue weighted by Gasteiger charge is -2.21. The molecule has 0 saturated carbocycles.